The highest BCUT2D eigenvalue weighted by Gasteiger charge is 2.07. The molecule has 0 aliphatic carbocycles. The fourth-order valence-corrected chi connectivity index (χ4v) is 2.45. The summed E-state index contributed by atoms with van der Waals surface area (Å²) in [4.78, 5) is 0. The van der Waals surface area contributed by atoms with Gasteiger partial charge in [-0.2, -0.15) is 15.8 Å². The first-order valence-corrected chi connectivity index (χ1v) is 8.42. The summed E-state index contributed by atoms with van der Waals surface area (Å²) in [5.74, 6) is 0. The number of nitrogens with zero attached hydrogens (tertiary/aromatic N) is 3. The lowest BCUT2D eigenvalue weighted by molar-refractivity contribution is 0.175. The topological polar surface area (TPSA) is 116 Å². The van der Waals surface area contributed by atoms with Crippen molar-refractivity contribution >= 4 is 5.69 Å². The molecule has 0 saturated heterocycles. The summed E-state index contributed by atoms with van der Waals surface area (Å²) < 4.78 is 0. The summed E-state index contributed by atoms with van der Waals surface area (Å²) in [6, 6.07) is 22.1. The van der Waals surface area contributed by atoms with Gasteiger partial charge in [-0.15, -0.1) is 0 Å². The molecule has 0 amide bonds. The minimum Gasteiger partial charge on any atom is -0.387 e. The Hall–Kier alpha value is -3.63. The smallest absolute Gasteiger partial charge is 0.163 e. The molecule has 0 fully saturated rings. The van der Waals surface area contributed by atoms with Crippen molar-refractivity contribution in [3.63, 3.8) is 0 Å². The molecule has 0 aliphatic heterocycles. The minimum atomic E-state index is -0.538. The molecular formula is C21H19N5O. The number of anilines is 1. The van der Waals surface area contributed by atoms with Crippen LogP contribution in [0, 0.1) is 34.0 Å². The van der Waals surface area contributed by atoms with E-state index in [9.17, 15) is 5.11 Å². The van der Waals surface area contributed by atoms with Gasteiger partial charge in [-0.25, -0.2) is 0 Å². The van der Waals surface area contributed by atoms with Crippen LogP contribution in [0.4, 0.5) is 5.69 Å². The van der Waals surface area contributed by atoms with Gasteiger partial charge in [0.05, 0.1) is 6.10 Å². The summed E-state index contributed by atoms with van der Waals surface area (Å²) in [5, 5.41) is 42.8. The Morgan fingerprint density at radius 1 is 0.926 bits per heavy atom. The van der Waals surface area contributed by atoms with Crippen LogP contribution in [-0.2, 0) is 6.42 Å². The van der Waals surface area contributed by atoms with Gasteiger partial charge in [-0.05, 0) is 36.2 Å². The standard InChI is InChI=1S/C21H19N5O/c22-12-18(13-23)20(14-24)26-19-8-6-16(7-9-19)10-11-25-15-21(27)17-4-2-1-3-5-17/h1-9,21,25-27H,10-11,15H2. The van der Waals surface area contributed by atoms with Crippen LogP contribution in [0.3, 0.4) is 0 Å². The number of hydrogen-bond acceptors (Lipinski definition) is 6. The Kier molecular flexibility index (Phi) is 7.57. The molecule has 0 bridgehead atoms. The number of aliphatic hydroxyl groups is 1. The Balaban J connectivity index is 1.83. The first-order valence-electron chi connectivity index (χ1n) is 8.42. The quantitative estimate of drug-likeness (QED) is 0.494. The van der Waals surface area contributed by atoms with E-state index in [0.717, 1.165) is 17.5 Å². The summed E-state index contributed by atoms with van der Waals surface area (Å²) >= 11 is 0. The Labute approximate surface area is 158 Å². The third-order valence-electron chi connectivity index (χ3n) is 3.92. The van der Waals surface area contributed by atoms with Crippen LogP contribution in [0.5, 0.6) is 0 Å². The summed E-state index contributed by atoms with van der Waals surface area (Å²) in [7, 11) is 0. The molecule has 2 aromatic rings. The third kappa shape index (κ3) is 5.99. The van der Waals surface area contributed by atoms with E-state index in [1.807, 2.05) is 48.5 Å². The van der Waals surface area contributed by atoms with E-state index in [0.29, 0.717) is 18.8 Å². The zero-order valence-electron chi connectivity index (χ0n) is 14.7. The summed E-state index contributed by atoms with van der Waals surface area (Å²) in [5.41, 5.74) is 2.29. The van der Waals surface area contributed by atoms with Crippen molar-refractivity contribution in [3.05, 3.63) is 77.0 Å². The van der Waals surface area contributed by atoms with Crippen molar-refractivity contribution in [1.82, 2.24) is 5.32 Å². The third-order valence-corrected chi connectivity index (χ3v) is 3.92. The second kappa shape index (κ2) is 10.4. The first-order chi connectivity index (χ1) is 13.2. The fourth-order valence-electron chi connectivity index (χ4n) is 2.45. The maximum atomic E-state index is 10.1. The van der Waals surface area contributed by atoms with Crippen molar-refractivity contribution in [2.75, 3.05) is 18.4 Å². The number of allylic oxidation sites excluding steroid dienone is 2. The van der Waals surface area contributed by atoms with Gasteiger partial charge < -0.3 is 15.7 Å². The van der Waals surface area contributed by atoms with Crippen LogP contribution >= 0.6 is 0 Å². The van der Waals surface area contributed by atoms with Crippen LogP contribution in [0.1, 0.15) is 17.2 Å². The van der Waals surface area contributed by atoms with Crippen molar-refractivity contribution in [2.45, 2.75) is 12.5 Å². The van der Waals surface area contributed by atoms with E-state index < -0.39 is 6.10 Å². The van der Waals surface area contributed by atoms with Gasteiger partial charge in [0.25, 0.3) is 0 Å². The van der Waals surface area contributed by atoms with Gasteiger partial charge in [0.2, 0.25) is 0 Å². The predicted molar refractivity (Wildman–Crippen MR) is 102 cm³/mol. The van der Waals surface area contributed by atoms with Gasteiger partial charge >= 0.3 is 0 Å². The molecule has 3 N–H and O–H groups in total. The Bertz CT molecular complexity index is 883. The molecule has 0 saturated carbocycles. The van der Waals surface area contributed by atoms with Crippen molar-refractivity contribution in [1.29, 1.82) is 15.8 Å². The lowest BCUT2D eigenvalue weighted by atomic mass is 10.1. The second-order valence-corrected chi connectivity index (χ2v) is 5.79. The fraction of sp³-hybridized carbons (Fsp3) is 0.190. The SMILES string of the molecule is N#CC(C#N)=C(C#N)Nc1ccc(CCNCC(O)c2ccccc2)cc1. The maximum Gasteiger partial charge on any atom is 0.163 e. The maximum absolute atomic E-state index is 10.1. The molecule has 27 heavy (non-hydrogen) atoms. The number of benzene rings is 2. The molecule has 0 radical (unpaired) electrons. The highest BCUT2D eigenvalue weighted by atomic mass is 16.3. The molecule has 0 aliphatic rings. The molecular weight excluding hydrogens is 338 g/mol. The molecule has 2 aromatic carbocycles. The highest BCUT2D eigenvalue weighted by Crippen LogP contribution is 2.14. The molecule has 1 atom stereocenters. The monoisotopic (exact) mass is 357 g/mol. The zero-order valence-corrected chi connectivity index (χ0v) is 14.7. The number of rotatable bonds is 8. The number of hydrogen-bond donors (Lipinski definition) is 3. The highest BCUT2D eigenvalue weighted by molar-refractivity contribution is 5.58. The Morgan fingerprint density at radius 3 is 2.19 bits per heavy atom. The van der Waals surface area contributed by atoms with Gasteiger partial charge in [-0.3, -0.25) is 0 Å². The van der Waals surface area contributed by atoms with E-state index in [4.69, 9.17) is 15.8 Å². The molecule has 6 nitrogen and oxygen atoms in total. The first kappa shape index (κ1) is 19.7. The van der Waals surface area contributed by atoms with E-state index in [1.54, 1.807) is 24.3 Å². The molecule has 2 rings (SSSR count). The summed E-state index contributed by atoms with van der Waals surface area (Å²) in [6.45, 7) is 1.19. The normalized spacial score (nSPS) is 10.7. The number of nitrogens with one attached hydrogen (secondary N) is 2. The van der Waals surface area contributed by atoms with Crippen molar-refractivity contribution < 1.29 is 5.11 Å². The molecule has 134 valence electrons. The van der Waals surface area contributed by atoms with Crippen LogP contribution in [0.2, 0.25) is 0 Å². The van der Waals surface area contributed by atoms with Crippen LogP contribution in [0.15, 0.2) is 65.9 Å². The lowest BCUT2D eigenvalue weighted by Crippen LogP contribution is -2.23. The minimum absolute atomic E-state index is 0.0654. The molecule has 0 aromatic heterocycles. The zero-order chi connectivity index (χ0) is 19.5. The van der Waals surface area contributed by atoms with Gasteiger partial charge in [0, 0.05) is 12.2 Å². The van der Waals surface area contributed by atoms with E-state index >= 15 is 0 Å². The molecule has 1 unspecified atom stereocenters. The van der Waals surface area contributed by atoms with Crippen molar-refractivity contribution in [2.24, 2.45) is 0 Å². The number of aliphatic hydroxyl groups excluding tert-OH is 1. The predicted octanol–water partition coefficient (Wildman–Crippen LogP) is 2.79. The van der Waals surface area contributed by atoms with Crippen LogP contribution in [0.25, 0.3) is 0 Å². The van der Waals surface area contributed by atoms with E-state index in [2.05, 4.69) is 10.6 Å². The van der Waals surface area contributed by atoms with Crippen LogP contribution in [-0.4, -0.2) is 18.2 Å². The average molecular weight is 357 g/mol. The van der Waals surface area contributed by atoms with Gasteiger partial charge in [-0.1, -0.05) is 42.5 Å². The van der Waals surface area contributed by atoms with Gasteiger partial charge in [0.15, 0.2) is 5.57 Å². The average Bonchev–Trinajstić information content (AvgIpc) is 2.72. The van der Waals surface area contributed by atoms with Crippen LogP contribution < -0.4 is 10.6 Å². The molecule has 0 heterocycles. The Morgan fingerprint density at radius 2 is 1.59 bits per heavy atom. The van der Waals surface area contributed by atoms with Crippen molar-refractivity contribution in [3.8, 4) is 18.2 Å². The molecule has 0 spiro atoms. The largest absolute Gasteiger partial charge is 0.387 e. The van der Waals surface area contributed by atoms with E-state index in [-0.39, 0.29) is 11.3 Å². The van der Waals surface area contributed by atoms with Gasteiger partial charge in [0.1, 0.15) is 23.9 Å². The number of nitriles is 3. The molecule has 6 heteroatoms. The van der Waals surface area contributed by atoms with E-state index in [1.165, 1.54) is 0 Å². The summed E-state index contributed by atoms with van der Waals surface area (Å²) in [6.07, 6.45) is 0.244. The lowest BCUT2D eigenvalue weighted by Gasteiger charge is -2.12. The second-order valence-electron chi connectivity index (χ2n) is 5.79.